The lowest BCUT2D eigenvalue weighted by Gasteiger charge is -2.45. The van der Waals surface area contributed by atoms with Crippen LogP contribution in [0.15, 0.2) is 4.99 Å². The lowest BCUT2D eigenvalue weighted by Crippen LogP contribution is -2.60. The first-order chi connectivity index (χ1) is 12.1. The smallest absolute Gasteiger partial charge is 0.222 e. The number of likely N-dealkylation sites (N-methyl/N-ethyl adjacent to an activating group) is 1. The fraction of sp³-hybridized carbons (Fsp3) is 0.889. The van der Waals surface area contributed by atoms with Crippen LogP contribution in [0.1, 0.15) is 38.5 Å². The zero-order chi connectivity index (χ0) is 17.7. The molecule has 1 amide bonds. The van der Waals surface area contributed by atoms with Crippen molar-refractivity contribution in [2.75, 3.05) is 53.5 Å². The van der Waals surface area contributed by atoms with E-state index >= 15 is 0 Å². The highest BCUT2D eigenvalue weighted by atomic mass is 127. The summed E-state index contributed by atoms with van der Waals surface area (Å²) in [6.45, 7) is 5.73. The first-order valence-electron chi connectivity index (χ1n) is 9.67. The fourth-order valence-electron chi connectivity index (χ4n) is 4.31. The minimum atomic E-state index is 0. The van der Waals surface area contributed by atoms with E-state index in [9.17, 15) is 4.79 Å². The predicted molar refractivity (Wildman–Crippen MR) is 114 cm³/mol. The number of amides is 1. The molecule has 0 spiro atoms. The standard InChI is InChI=1S/C18H33N5O2.HI/c1-19-17(21-15-5-6-16(24)22(2)13-15)20-14-18(7-11-25-12-8-18)23-9-3-4-10-23;/h15H,3-14H2,1-2H3,(H2,19,20,21);1H. The molecule has 3 saturated heterocycles. The molecular formula is C18H34IN5O2. The largest absolute Gasteiger partial charge is 0.381 e. The lowest BCUT2D eigenvalue weighted by molar-refractivity contribution is -0.132. The van der Waals surface area contributed by atoms with E-state index in [2.05, 4.69) is 20.5 Å². The number of carbonyl (C=O) groups is 1. The van der Waals surface area contributed by atoms with Crippen LogP contribution in [0.5, 0.6) is 0 Å². The number of rotatable bonds is 4. The zero-order valence-electron chi connectivity index (χ0n) is 16.1. The highest BCUT2D eigenvalue weighted by Crippen LogP contribution is 2.30. The molecule has 3 heterocycles. The minimum Gasteiger partial charge on any atom is -0.381 e. The molecule has 0 bridgehead atoms. The number of nitrogens with one attached hydrogen (secondary N) is 2. The molecule has 0 aromatic rings. The second-order valence-electron chi connectivity index (χ2n) is 7.61. The molecule has 2 N–H and O–H groups in total. The second-order valence-corrected chi connectivity index (χ2v) is 7.61. The number of ether oxygens (including phenoxy) is 1. The van der Waals surface area contributed by atoms with Crippen molar-refractivity contribution in [3.8, 4) is 0 Å². The molecule has 150 valence electrons. The molecule has 3 rings (SSSR count). The summed E-state index contributed by atoms with van der Waals surface area (Å²) < 4.78 is 5.62. The molecule has 0 aromatic carbocycles. The van der Waals surface area contributed by atoms with Gasteiger partial charge in [-0.1, -0.05) is 0 Å². The van der Waals surface area contributed by atoms with Gasteiger partial charge < -0.3 is 20.3 Å². The Labute approximate surface area is 174 Å². The summed E-state index contributed by atoms with van der Waals surface area (Å²) in [6, 6.07) is 0.270. The van der Waals surface area contributed by atoms with Gasteiger partial charge in [0, 0.05) is 58.4 Å². The Morgan fingerprint density at radius 1 is 1.31 bits per heavy atom. The van der Waals surface area contributed by atoms with E-state index in [1.807, 2.05) is 14.1 Å². The summed E-state index contributed by atoms with van der Waals surface area (Å²) in [7, 11) is 3.69. The summed E-state index contributed by atoms with van der Waals surface area (Å²) in [5.74, 6) is 1.08. The second kappa shape index (κ2) is 10.1. The average Bonchev–Trinajstić information content (AvgIpc) is 3.18. The number of likely N-dealkylation sites (tertiary alicyclic amines) is 2. The maximum absolute atomic E-state index is 11.7. The molecular weight excluding hydrogens is 445 g/mol. The number of carbonyl (C=O) groups excluding carboxylic acids is 1. The lowest BCUT2D eigenvalue weighted by atomic mass is 9.88. The summed E-state index contributed by atoms with van der Waals surface area (Å²) in [6.07, 6.45) is 6.25. The van der Waals surface area contributed by atoms with E-state index in [4.69, 9.17) is 4.74 Å². The molecule has 8 heteroatoms. The first kappa shape index (κ1) is 21.7. The van der Waals surface area contributed by atoms with Crippen LogP contribution in [-0.2, 0) is 9.53 Å². The Morgan fingerprint density at radius 3 is 2.62 bits per heavy atom. The van der Waals surface area contributed by atoms with Crippen molar-refractivity contribution in [2.24, 2.45) is 4.99 Å². The van der Waals surface area contributed by atoms with Crippen LogP contribution < -0.4 is 10.6 Å². The topological polar surface area (TPSA) is 69.2 Å². The van der Waals surface area contributed by atoms with Crippen molar-refractivity contribution in [1.29, 1.82) is 0 Å². The van der Waals surface area contributed by atoms with Gasteiger partial charge in [-0.2, -0.15) is 0 Å². The summed E-state index contributed by atoms with van der Waals surface area (Å²) in [5, 5.41) is 7.07. The Morgan fingerprint density at radius 2 is 2.00 bits per heavy atom. The van der Waals surface area contributed by atoms with Gasteiger partial charge in [-0.15, -0.1) is 24.0 Å². The minimum absolute atomic E-state index is 0. The van der Waals surface area contributed by atoms with Gasteiger partial charge in [0.25, 0.3) is 0 Å². The van der Waals surface area contributed by atoms with Crippen molar-refractivity contribution in [3.05, 3.63) is 0 Å². The average molecular weight is 479 g/mol. The molecule has 0 radical (unpaired) electrons. The van der Waals surface area contributed by atoms with Crippen LogP contribution in [0.2, 0.25) is 0 Å². The van der Waals surface area contributed by atoms with Crippen LogP contribution in [0, 0.1) is 0 Å². The molecule has 1 atom stereocenters. The van der Waals surface area contributed by atoms with E-state index < -0.39 is 0 Å². The van der Waals surface area contributed by atoms with E-state index in [1.54, 1.807) is 4.90 Å². The molecule has 0 aromatic heterocycles. The Bertz CT molecular complexity index is 490. The van der Waals surface area contributed by atoms with Crippen molar-refractivity contribution in [2.45, 2.75) is 50.1 Å². The zero-order valence-corrected chi connectivity index (χ0v) is 18.5. The number of halogens is 1. The summed E-state index contributed by atoms with van der Waals surface area (Å²) in [4.78, 5) is 20.5. The highest BCUT2D eigenvalue weighted by molar-refractivity contribution is 14.0. The maximum atomic E-state index is 11.7. The third-order valence-corrected chi connectivity index (χ3v) is 5.98. The van der Waals surface area contributed by atoms with Crippen LogP contribution in [0.4, 0.5) is 0 Å². The van der Waals surface area contributed by atoms with Crippen molar-refractivity contribution >= 4 is 35.8 Å². The molecule has 0 saturated carbocycles. The number of hydrogen-bond donors (Lipinski definition) is 2. The number of piperidine rings is 1. The van der Waals surface area contributed by atoms with Crippen LogP contribution in [-0.4, -0.2) is 86.7 Å². The Hall–Kier alpha value is -0.610. The van der Waals surface area contributed by atoms with Gasteiger partial charge in [0.2, 0.25) is 5.91 Å². The quantitative estimate of drug-likeness (QED) is 0.358. The fourth-order valence-corrected chi connectivity index (χ4v) is 4.31. The van der Waals surface area contributed by atoms with Crippen LogP contribution >= 0.6 is 24.0 Å². The van der Waals surface area contributed by atoms with Gasteiger partial charge in [0.1, 0.15) is 0 Å². The van der Waals surface area contributed by atoms with E-state index in [0.29, 0.717) is 6.42 Å². The van der Waals surface area contributed by atoms with Crippen molar-refractivity contribution in [3.63, 3.8) is 0 Å². The van der Waals surface area contributed by atoms with Crippen molar-refractivity contribution < 1.29 is 9.53 Å². The molecule has 1 unspecified atom stereocenters. The SMILES string of the molecule is CN=C(NCC1(N2CCCC2)CCOCC1)NC1CCC(=O)N(C)C1.I. The molecule has 7 nitrogen and oxygen atoms in total. The Kier molecular flexibility index (Phi) is 8.41. The van der Waals surface area contributed by atoms with Gasteiger partial charge in [0.05, 0.1) is 0 Å². The number of nitrogens with zero attached hydrogens (tertiary/aromatic N) is 3. The summed E-state index contributed by atoms with van der Waals surface area (Å²) >= 11 is 0. The van der Waals surface area contributed by atoms with Gasteiger partial charge in [-0.3, -0.25) is 14.7 Å². The van der Waals surface area contributed by atoms with Crippen molar-refractivity contribution in [1.82, 2.24) is 20.4 Å². The number of aliphatic imine (C=N–C) groups is 1. The van der Waals surface area contributed by atoms with Gasteiger partial charge in [0.15, 0.2) is 5.96 Å². The molecule has 3 aliphatic heterocycles. The molecule has 0 aliphatic carbocycles. The normalized spacial score (nSPS) is 27.2. The first-order valence-corrected chi connectivity index (χ1v) is 9.67. The van der Waals surface area contributed by atoms with Gasteiger partial charge in [-0.05, 0) is 45.2 Å². The van der Waals surface area contributed by atoms with Crippen LogP contribution in [0.25, 0.3) is 0 Å². The van der Waals surface area contributed by atoms with Gasteiger partial charge in [-0.25, -0.2) is 0 Å². The van der Waals surface area contributed by atoms with Gasteiger partial charge >= 0.3 is 0 Å². The van der Waals surface area contributed by atoms with E-state index in [-0.39, 0.29) is 41.5 Å². The molecule has 3 fully saturated rings. The third kappa shape index (κ3) is 5.22. The number of hydrogen-bond acceptors (Lipinski definition) is 4. The summed E-state index contributed by atoms with van der Waals surface area (Å²) in [5.41, 5.74) is 0.186. The van der Waals surface area contributed by atoms with Crippen LogP contribution in [0.3, 0.4) is 0 Å². The van der Waals surface area contributed by atoms with E-state index in [0.717, 1.165) is 51.5 Å². The molecule has 26 heavy (non-hydrogen) atoms. The van der Waals surface area contributed by atoms with E-state index in [1.165, 1.54) is 25.9 Å². The third-order valence-electron chi connectivity index (χ3n) is 5.98. The number of guanidine groups is 1. The molecule has 3 aliphatic rings. The monoisotopic (exact) mass is 479 g/mol. The maximum Gasteiger partial charge on any atom is 0.222 e. The predicted octanol–water partition coefficient (Wildman–Crippen LogP) is 1.04. The highest BCUT2D eigenvalue weighted by Gasteiger charge is 2.39. The Balaban J connectivity index is 0.00000243.